The van der Waals surface area contributed by atoms with Gasteiger partial charge in [0.05, 0.1) is 23.5 Å². The number of nitrogens with zero attached hydrogens (tertiary/aromatic N) is 2. The minimum absolute atomic E-state index is 0.121. The zero-order chi connectivity index (χ0) is 23.4. The summed E-state index contributed by atoms with van der Waals surface area (Å²) in [5.74, 6) is 1.29. The summed E-state index contributed by atoms with van der Waals surface area (Å²) < 4.78 is 17.0. The Morgan fingerprint density at radius 2 is 2.00 bits per heavy atom. The molecule has 2 heterocycles. The second kappa shape index (κ2) is 9.77. The monoisotopic (exact) mass is 449 g/mol. The normalized spacial score (nSPS) is 14.9. The van der Waals surface area contributed by atoms with E-state index in [9.17, 15) is 9.59 Å². The van der Waals surface area contributed by atoms with Gasteiger partial charge in [0.15, 0.2) is 6.10 Å². The van der Waals surface area contributed by atoms with Crippen LogP contribution < -0.4 is 19.7 Å². The Bertz CT molecular complexity index is 1140. The van der Waals surface area contributed by atoms with Crippen LogP contribution in [0.2, 0.25) is 0 Å². The Labute approximate surface area is 192 Å². The molecule has 33 heavy (non-hydrogen) atoms. The number of fused-ring (bicyclic) bond motifs is 1. The lowest BCUT2D eigenvalue weighted by atomic mass is 10.1. The van der Waals surface area contributed by atoms with Gasteiger partial charge in [-0.2, -0.15) is 0 Å². The average molecular weight is 450 g/mol. The number of aromatic nitrogens is 1. The van der Waals surface area contributed by atoms with Crippen LogP contribution in [0.1, 0.15) is 40.7 Å². The number of rotatable bonds is 7. The molecular weight excluding hydrogens is 422 g/mol. The van der Waals surface area contributed by atoms with Crippen molar-refractivity contribution in [1.29, 1.82) is 0 Å². The minimum atomic E-state index is -0.783. The van der Waals surface area contributed by atoms with Gasteiger partial charge in [-0.05, 0) is 50.6 Å². The molecule has 0 aliphatic carbocycles. The molecule has 1 aliphatic heterocycles. The number of benzene rings is 2. The number of hydrogen-bond acceptors (Lipinski definition) is 6. The third kappa shape index (κ3) is 4.84. The summed E-state index contributed by atoms with van der Waals surface area (Å²) in [4.78, 5) is 27.7. The summed E-state index contributed by atoms with van der Waals surface area (Å²) in [7, 11) is 0. The zero-order valence-corrected chi connectivity index (χ0v) is 19.0. The number of nitrogens with one attached hydrogen (secondary N) is 1. The number of amides is 2. The SMILES string of the molecule is CCCNC(=O)[C@@H]1CN(C(=O)c2cccc(OCc3c(C)noc3C)c2)c2ccccc2O1. The predicted octanol–water partition coefficient (Wildman–Crippen LogP) is 3.80. The molecule has 1 atom stereocenters. The largest absolute Gasteiger partial charge is 0.489 e. The highest BCUT2D eigenvalue weighted by Gasteiger charge is 2.34. The third-order valence-electron chi connectivity index (χ3n) is 5.51. The van der Waals surface area contributed by atoms with E-state index in [1.807, 2.05) is 39.0 Å². The van der Waals surface area contributed by atoms with E-state index in [4.69, 9.17) is 14.0 Å². The maximum absolute atomic E-state index is 13.5. The quantitative estimate of drug-likeness (QED) is 0.590. The first-order valence-electron chi connectivity index (χ1n) is 11.0. The van der Waals surface area contributed by atoms with E-state index in [0.29, 0.717) is 41.7 Å². The molecule has 2 aromatic carbocycles. The summed E-state index contributed by atoms with van der Waals surface area (Å²) in [6, 6.07) is 14.2. The van der Waals surface area contributed by atoms with Crippen molar-refractivity contribution in [2.45, 2.75) is 39.9 Å². The van der Waals surface area contributed by atoms with E-state index >= 15 is 0 Å². The van der Waals surface area contributed by atoms with Gasteiger partial charge in [0.2, 0.25) is 0 Å². The molecule has 4 rings (SSSR count). The lowest BCUT2D eigenvalue weighted by Gasteiger charge is -2.34. The first kappa shape index (κ1) is 22.4. The van der Waals surface area contributed by atoms with E-state index in [1.54, 1.807) is 35.2 Å². The maximum atomic E-state index is 13.5. The van der Waals surface area contributed by atoms with Crippen molar-refractivity contribution >= 4 is 17.5 Å². The van der Waals surface area contributed by atoms with Crippen LogP contribution in [0, 0.1) is 13.8 Å². The summed E-state index contributed by atoms with van der Waals surface area (Å²) >= 11 is 0. The maximum Gasteiger partial charge on any atom is 0.262 e. The summed E-state index contributed by atoms with van der Waals surface area (Å²) in [5, 5.41) is 6.78. The molecule has 0 unspecified atom stereocenters. The molecule has 8 heteroatoms. The second-order valence-corrected chi connectivity index (χ2v) is 7.90. The van der Waals surface area contributed by atoms with Crippen LogP contribution in [-0.4, -0.2) is 36.2 Å². The Kier molecular flexibility index (Phi) is 6.63. The van der Waals surface area contributed by atoms with Crippen LogP contribution in [0.5, 0.6) is 11.5 Å². The van der Waals surface area contributed by atoms with Crippen molar-refractivity contribution in [3.63, 3.8) is 0 Å². The molecule has 0 fully saturated rings. The van der Waals surface area contributed by atoms with Gasteiger partial charge in [-0.3, -0.25) is 9.59 Å². The van der Waals surface area contributed by atoms with Crippen LogP contribution in [-0.2, 0) is 11.4 Å². The average Bonchev–Trinajstić information content (AvgIpc) is 3.17. The number of para-hydroxylation sites is 2. The van der Waals surface area contributed by atoms with Crippen molar-refractivity contribution < 1.29 is 23.6 Å². The van der Waals surface area contributed by atoms with Crippen LogP contribution in [0.25, 0.3) is 0 Å². The molecular formula is C25H27N3O5. The molecule has 172 valence electrons. The minimum Gasteiger partial charge on any atom is -0.489 e. The summed E-state index contributed by atoms with van der Waals surface area (Å²) in [6.07, 6.45) is 0.0349. The molecule has 0 saturated carbocycles. The van der Waals surface area contributed by atoms with E-state index < -0.39 is 6.10 Å². The van der Waals surface area contributed by atoms with Gasteiger partial charge in [0, 0.05) is 12.1 Å². The second-order valence-electron chi connectivity index (χ2n) is 7.90. The molecule has 0 radical (unpaired) electrons. The zero-order valence-electron chi connectivity index (χ0n) is 19.0. The Morgan fingerprint density at radius 1 is 1.18 bits per heavy atom. The third-order valence-corrected chi connectivity index (χ3v) is 5.51. The van der Waals surface area contributed by atoms with Crippen molar-refractivity contribution in [1.82, 2.24) is 10.5 Å². The highest BCUT2D eigenvalue weighted by Crippen LogP contribution is 2.34. The number of hydrogen-bond donors (Lipinski definition) is 1. The number of anilines is 1. The first-order chi connectivity index (χ1) is 16.0. The van der Waals surface area contributed by atoms with Crippen molar-refractivity contribution in [2.24, 2.45) is 0 Å². The molecule has 0 saturated heterocycles. The fraction of sp³-hybridized carbons (Fsp3) is 0.320. The number of carbonyl (C=O) groups excluding carboxylic acids is 2. The van der Waals surface area contributed by atoms with Crippen LogP contribution in [0.3, 0.4) is 0 Å². The summed E-state index contributed by atoms with van der Waals surface area (Å²) in [5.41, 5.74) is 2.74. The standard InChI is InChI=1S/C25H27N3O5/c1-4-12-26-24(29)23-14-28(21-10-5-6-11-22(21)32-23)25(30)18-8-7-9-19(13-18)31-15-20-16(2)27-33-17(20)3/h5-11,13,23H,4,12,14-15H2,1-3H3,(H,26,29)/t23-/m0/s1. The first-order valence-corrected chi connectivity index (χ1v) is 11.0. The highest BCUT2D eigenvalue weighted by molar-refractivity contribution is 6.08. The highest BCUT2D eigenvalue weighted by atomic mass is 16.5. The fourth-order valence-corrected chi connectivity index (χ4v) is 3.66. The Morgan fingerprint density at radius 3 is 2.76 bits per heavy atom. The number of carbonyl (C=O) groups is 2. The van der Waals surface area contributed by atoms with Gasteiger partial charge in [-0.1, -0.05) is 30.3 Å². The topological polar surface area (TPSA) is 93.9 Å². The summed E-state index contributed by atoms with van der Waals surface area (Å²) in [6.45, 7) is 6.64. The van der Waals surface area contributed by atoms with Gasteiger partial charge in [-0.25, -0.2) is 0 Å². The van der Waals surface area contributed by atoms with Crippen LogP contribution >= 0.6 is 0 Å². The molecule has 3 aromatic rings. The molecule has 1 aromatic heterocycles. The van der Waals surface area contributed by atoms with Gasteiger partial charge < -0.3 is 24.2 Å². The molecule has 0 spiro atoms. The smallest absolute Gasteiger partial charge is 0.262 e. The van der Waals surface area contributed by atoms with E-state index in [2.05, 4.69) is 10.5 Å². The lowest BCUT2D eigenvalue weighted by molar-refractivity contribution is -0.127. The molecule has 2 amide bonds. The van der Waals surface area contributed by atoms with Crippen molar-refractivity contribution in [3.8, 4) is 11.5 Å². The number of aryl methyl sites for hydroxylation is 2. The van der Waals surface area contributed by atoms with Crippen molar-refractivity contribution in [2.75, 3.05) is 18.0 Å². The van der Waals surface area contributed by atoms with E-state index in [1.165, 1.54) is 0 Å². The lowest BCUT2D eigenvalue weighted by Crippen LogP contribution is -2.50. The van der Waals surface area contributed by atoms with E-state index in [-0.39, 0.29) is 18.4 Å². The number of ether oxygens (including phenoxy) is 2. The Hall–Kier alpha value is -3.81. The molecule has 8 nitrogen and oxygen atoms in total. The van der Waals surface area contributed by atoms with E-state index in [0.717, 1.165) is 17.7 Å². The van der Waals surface area contributed by atoms with Gasteiger partial charge in [-0.15, -0.1) is 0 Å². The fourth-order valence-electron chi connectivity index (χ4n) is 3.66. The molecule has 0 bridgehead atoms. The Balaban J connectivity index is 1.55. The van der Waals surface area contributed by atoms with Gasteiger partial charge >= 0.3 is 0 Å². The van der Waals surface area contributed by atoms with Gasteiger partial charge in [0.1, 0.15) is 23.9 Å². The molecule has 1 aliphatic rings. The van der Waals surface area contributed by atoms with Crippen molar-refractivity contribution in [3.05, 3.63) is 71.1 Å². The molecule has 1 N–H and O–H groups in total. The van der Waals surface area contributed by atoms with Gasteiger partial charge in [0.25, 0.3) is 11.8 Å². The van der Waals surface area contributed by atoms with Crippen LogP contribution in [0.15, 0.2) is 53.1 Å². The predicted molar refractivity (Wildman–Crippen MR) is 123 cm³/mol. The van der Waals surface area contributed by atoms with Crippen LogP contribution in [0.4, 0.5) is 5.69 Å².